The van der Waals surface area contributed by atoms with Crippen molar-refractivity contribution in [2.24, 2.45) is 0 Å². The summed E-state index contributed by atoms with van der Waals surface area (Å²) in [6, 6.07) is 6.63. The van der Waals surface area contributed by atoms with E-state index in [2.05, 4.69) is 5.32 Å². The summed E-state index contributed by atoms with van der Waals surface area (Å²) in [5, 5.41) is 3.54. The quantitative estimate of drug-likeness (QED) is 0.757. The smallest absolute Gasteiger partial charge is 0.317 e. The van der Waals surface area contributed by atoms with Crippen molar-refractivity contribution in [1.82, 2.24) is 10.2 Å². The maximum absolute atomic E-state index is 12.5. The zero-order valence-corrected chi connectivity index (χ0v) is 15.3. The average molecular weight is 370 g/mol. The van der Waals surface area contributed by atoms with Crippen molar-refractivity contribution >= 4 is 29.2 Å². The lowest BCUT2D eigenvalue weighted by molar-refractivity contribution is -0.117. The first-order valence-electron chi connectivity index (χ1n) is 8.14. The molecule has 2 rings (SSSR count). The molecule has 1 saturated heterocycles. The molecule has 138 valence electrons. The molecule has 0 aliphatic carbocycles. The zero-order chi connectivity index (χ0) is 18.2. The molecule has 25 heavy (non-hydrogen) atoms. The zero-order valence-electron chi connectivity index (χ0n) is 14.5. The van der Waals surface area contributed by atoms with E-state index in [0.29, 0.717) is 37.9 Å². The molecular formula is C17H24ClN3O4. The van der Waals surface area contributed by atoms with Crippen molar-refractivity contribution < 1.29 is 19.1 Å². The molecule has 1 aromatic carbocycles. The van der Waals surface area contributed by atoms with Crippen LogP contribution in [0.15, 0.2) is 24.3 Å². The van der Waals surface area contributed by atoms with Crippen LogP contribution in [0.3, 0.4) is 0 Å². The van der Waals surface area contributed by atoms with Crippen LogP contribution in [-0.2, 0) is 14.3 Å². The number of amides is 3. The molecule has 1 fully saturated rings. The SMILES string of the molecule is COCCN(CCOC)C(=O)N[C@H]1CC(=O)N(c2ccc(Cl)cc2)C1. The molecular weight excluding hydrogens is 346 g/mol. The van der Waals surface area contributed by atoms with E-state index in [-0.39, 0.29) is 24.4 Å². The summed E-state index contributed by atoms with van der Waals surface area (Å²) in [7, 11) is 3.18. The molecule has 7 nitrogen and oxygen atoms in total. The molecule has 1 aliphatic heterocycles. The van der Waals surface area contributed by atoms with Gasteiger partial charge < -0.3 is 24.6 Å². The van der Waals surface area contributed by atoms with Gasteiger partial charge in [-0.15, -0.1) is 0 Å². The minimum atomic E-state index is -0.233. The predicted octanol–water partition coefficient (Wildman–Crippen LogP) is 1.75. The third-order valence-corrected chi connectivity index (χ3v) is 4.26. The van der Waals surface area contributed by atoms with Crippen LogP contribution >= 0.6 is 11.6 Å². The van der Waals surface area contributed by atoms with Crippen LogP contribution in [0.25, 0.3) is 0 Å². The standard InChI is InChI=1S/C17H24ClN3O4/c1-24-9-7-20(8-10-25-2)17(23)19-14-11-16(22)21(12-14)15-5-3-13(18)4-6-15/h3-6,14H,7-12H2,1-2H3,(H,19,23)/t14-/m0/s1. The first-order valence-corrected chi connectivity index (χ1v) is 8.52. The Labute approximate surface area is 152 Å². The summed E-state index contributed by atoms with van der Waals surface area (Å²) in [5.41, 5.74) is 0.779. The summed E-state index contributed by atoms with van der Waals surface area (Å²) in [5.74, 6) is -0.0204. The van der Waals surface area contributed by atoms with E-state index in [0.717, 1.165) is 5.69 Å². The Morgan fingerprint density at radius 1 is 1.24 bits per heavy atom. The number of anilines is 1. The number of rotatable bonds is 8. The van der Waals surface area contributed by atoms with Gasteiger partial charge in [-0.3, -0.25) is 4.79 Å². The Balaban J connectivity index is 1.94. The molecule has 1 atom stereocenters. The molecule has 0 saturated carbocycles. The highest BCUT2D eigenvalue weighted by Gasteiger charge is 2.32. The van der Waals surface area contributed by atoms with Gasteiger partial charge in [-0.1, -0.05) is 11.6 Å². The van der Waals surface area contributed by atoms with Crippen LogP contribution in [0, 0.1) is 0 Å². The molecule has 0 spiro atoms. The maximum atomic E-state index is 12.5. The van der Waals surface area contributed by atoms with E-state index < -0.39 is 0 Å². The highest BCUT2D eigenvalue weighted by molar-refractivity contribution is 6.30. The van der Waals surface area contributed by atoms with Crippen molar-refractivity contribution in [2.45, 2.75) is 12.5 Å². The number of hydrogen-bond donors (Lipinski definition) is 1. The minimum absolute atomic E-state index is 0.0204. The van der Waals surface area contributed by atoms with Crippen LogP contribution in [0.2, 0.25) is 5.02 Å². The van der Waals surface area contributed by atoms with Gasteiger partial charge in [-0.25, -0.2) is 4.79 Å². The Morgan fingerprint density at radius 3 is 2.40 bits per heavy atom. The van der Waals surface area contributed by atoms with Crippen LogP contribution < -0.4 is 10.2 Å². The molecule has 0 unspecified atom stereocenters. The molecule has 8 heteroatoms. The van der Waals surface area contributed by atoms with Crippen LogP contribution in [-0.4, -0.2) is 69.9 Å². The Bertz CT molecular complexity index is 574. The largest absolute Gasteiger partial charge is 0.383 e. The third kappa shape index (κ3) is 5.59. The fourth-order valence-electron chi connectivity index (χ4n) is 2.66. The fourth-order valence-corrected chi connectivity index (χ4v) is 2.78. The van der Waals surface area contributed by atoms with Gasteiger partial charge in [0.25, 0.3) is 0 Å². The van der Waals surface area contributed by atoms with E-state index in [4.69, 9.17) is 21.1 Å². The number of carbonyl (C=O) groups excluding carboxylic acids is 2. The van der Waals surface area contributed by atoms with Gasteiger partial charge in [0.15, 0.2) is 0 Å². The summed E-state index contributed by atoms with van der Waals surface area (Å²) in [6.07, 6.45) is 0.275. The minimum Gasteiger partial charge on any atom is -0.383 e. The molecule has 1 heterocycles. The van der Waals surface area contributed by atoms with E-state index in [9.17, 15) is 9.59 Å². The lowest BCUT2D eigenvalue weighted by atomic mass is 10.2. The number of urea groups is 1. The number of methoxy groups -OCH3 is 2. The van der Waals surface area contributed by atoms with Crippen molar-refractivity contribution in [3.05, 3.63) is 29.3 Å². The van der Waals surface area contributed by atoms with Gasteiger partial charge in [-0.2, -0.15) is 0 Å². The van der Waals surface area contributed by atoms with Crippen LogP contribution in [0.4, 0.5) is 10.5 Å². The molecule has 0 radical (unpaired) electrons. The first-order chi connectivity index (χ1) is 12.0. The second-order valence-electron chi connectivity index (χ2n) is 5.80. The lowest BCUT2D eigenvalue weighted by Gasteiger charge is -2.24. The van der Waals surface area contributed by atoms with Crippen molar-refractivity contribution in [3.8, 4) is 0 Å². The van der Waals surface area contributed by atoms with Crippen LogP contribution in [0.1, 0.15) is 6.42 Å². The third-order valence-electron chi connectivity index (χ3n) is 4.01. The fraction of sp³-hybridized carbons (Fsp3) is 0.529. The number of ether oxygens (including phenoxy) is 2. The van der Waals surface area contributed by atoms with E-state index >= 15 is 0 Å². The van der Waals surface area contributed by atoms with E-state index in [1.165, 1.54) is 0 Å². The van der Waals surface area contributed by atoms with Crippen molar-refractivity contribution in [2.75, 3.05) is 52.0 Å². The molecule has 3 amide bonds. The van der Waals surface area contributed by atoms with E-state index in [1.54, 1.807) is 48.3 Å². The average Bonchev–Trinajstić information content (AvgIpc) is 2.96. The second-order valence-corrected chi connectivity index (χ2v) is 6.24. The Morgan fingerprint density at radius 2 is 1.84 bits per heavy atom. The molecule has 1 aliphatic rings. The van der Waals surface area contributed by atoms with E-state index in [1.807, 2.05) is 0 Å². The summed E-state index contributed by atoms with van der Waals surface area (Å²) in [6.45, 7) is 2.25. The van der Waals surface area contributed by atoms with Gasteiger partial charge in [-0.05, 0) is 24.3 Å². The Kier molecular flexibility index (Phi) is 7.49. The number of carbonyl (C=O) groups is 2. The van der Waals surface area contributed by atoms with Gasteiger partial charge in [0.2, 0.25) is 5.91 Å². The topological polar surface area (TPSA) is 71.1 Å². The van der Waals surface area contributed by atoms with Crippen molar-refractivity contribution in [1.29, 1.82) is 0 Å². The first kappa shape index (κ1) is 19.5. The van der Waals surface area contributed by atoms with Gasteiger partial charge in [0, 0.05) is 51.0 Å². The number of benzene rings is 1. The van der Waals surface area contributed by atoms with Gasteiger partial charge in [0.05, 0.1) is 19.3 Å². The monoisotopic (exact) mass is 369 g/mol. The van der Waals surface area contributed by atoms with Gasteiger partial charge in [0.1, 0.15) is 0 Å². The normalized spacial score (nSPS) is 17.0. The molecule has 1 aromatic rings. The summed E-state index contributed by atoms with van der Waals surface area (Å²) in [4.78, 5) is 28.0. The summed E-state index contributed by atoms with van der Waals surface area (Å²) < 4.78 is 10.1. The Hall–Kier alpha value is -1.83. The second kappa shape index (κ2) is 9.60. The van der Waals surface area contributed by atoms with Crippen molar-refractivity contribution in [3.63, 3.8) is 0 Å². The maximum Gasteiger partial charge on any atom is 0.317 e. The summed E-state index contributed by atoms with van der Waals surface area (Å²) >= 11 is 5.88. The highest BCUT2D eigenvalue weighted by Crippen LogP contribution is 2.23. The lowest BCUT2D eigenvalue weighted by Crippen LogP contribution is -2.47. The number of nitrogens with one attached hydrogen (secondary N) is 1. The number of halogens is 1. The highest BCUT2D eigenvalue weighted by atomic mass is 35.5. The van der Waals surface area contributed by atoms with Gasteiger partial charge >= 0.3 is 6.03 Å². The van der Waals surface area contributed by atoms with Crippen LogP contribution in [0.5, 0.6) is 0 Å². The molecule has 0 aromatic heterocycles. The number of hydrogen-bond acceptors (Lipinski definition) is 4. The predicted molar refractivity (Wildman–Crippen MR) is 96.1 cm³/mol. The number of nitrogens with zero attached hydrogens (tertiary/aromatic N) is 2. The molecule has 0 bridgehead atoms. The molecule has 1 N–H and O–H groups in total.